The molecule has 0 spiro atoms. The first-order valence-electron chi connectivity index (χ1n) is 7.66. The topological polar surface area (TPSA) is 72.8 Å². The Morgan fingerprint density at radius 3 is 2.60 bits per heavy atom. The summed E-state index contributed by atoms with van der Waals surface area (Å²) in [6, 6.07) is 0. The first kappa shape index (κ1) is 15.3. The second kappa shape index (κ2) is 6.57. The van der Waals surface area contributed by atoms with Gasteiger partial charge in [-0.3, -0.25) is 9.68 Å². The lowest BCUT2D eigenvalue weighted by atomic mass is 9.57. The fourth-order valence-electron chi connectivity index (χ4n) is 3.91. The predicted molar refractivity (Wildman–Crippen MR) is 71.7 cm³/mol. The smallest absolute Gasteiger partial charge is 0.342 e. The summed E-state index contributed by atoms with van der Waals surface area (Å²) in [4.78, 5) is 32.6. The van der Waals surface area contributed by atoms with Crippen molar-refractivity contribution in [1.29, 1.82) is 0 Å². The molecule has 1 N–H and O–H groups in total. The van der Waals surface area contributed by atoms with Gasteiger partial charge in [-0.2, -0.15) is 4.89 Å². The summed E-state index contributed by atoms with van der Waals surface area (Å²) in [7, 11) is 0. The highest BCUT2D eigenvalue weighted by Gasteiger charge is 2.52. The summed E-state index contributed by atoms with van der Waals surface area (Å²) in [6.45, 7) is 1.66. The summed E-state index contributed by atoms with van der Waals surface area (Å²) >= 11 is 0. The maximum Gasteiger partial charge on any atom is 0.342 e. The van der Waals surface area contributed by atoms with Crippen LogP contribution in [-0.2, 0) is 19.4 Å². The Bertz CT molecular complexity index is 365. The number of hydrogen-bond acceptors (Lipinski definition) is 4. The lowest BCUT2D eigenvalue weighted by molar-refractivity contribution is -0.292. The number of aliphatic carboxylic acids is 1. The van der Waals surface area contributed by atoms with Crippen molar-refractivity contribution in [3.8, 4) is 0 Å². The normalized spacial score (nSPS) is 33.2. The Balaban J connectivity index is 2.07. The fourth-order valence-corrected chi connectivity index (χ4v) is 3.91. The van der Waals surface area contributed by atoms with Crippen LogP contribution in [0.1, 0.15) is 58.3 Å². The lowest BCUT2D eigenvalue weighted by Gasteiger charge is -2.47. The molecular formula is C15H24O5. The molecule has 0 saturated heterocycles. The minimum Gasteiger partial charge on any atom is -0.481 e. The molecular weight excluding hydrogens is 260 g/mol. The van der Waals surface area contributed by atoms with Gasteiger partial charge in [0.15, 0.2) is 0 Å². The Kier molecular flexibility index (Phi) is 5.02. The van der Waals surface area contributed by atoms with Crippen LogP contribution in [-0.4, -0.2) is 23.7 Å². The molecule has 114 valence electrons. The molecule has 0 amide bonds. The van der Waals surface area contributed by atoms with E-state index < -0.39 is 17.4 Å². The Morgan fingerprint density at radius 1 is 1.20 bits per heavy atom. The zero-order valence-electron chi connectivity index (χ0n) is 12.1. The Labute approximate surface area is 119 Å². The molecule has 0 aromatic rings. The molecule has 2 aliphatic rings. The van der Waals surface area contributed by atoms with Crippen molar-refractivity contribution in [2.75, 3.05) is 6.61 Å². The highest BCUT2D eigenvalue weighted by molar-refractivity contribution is 5.75. The number of carboxylic acids is 1. The highest BCUT2D eigenvalue weighted by atomic mass is 17.2. The first-order chi connectivity index (χ1) is 9.60. The van der Waals surface area contributed by atoms with E-state index in [0.717, 1.165) is 32.1 Å². The van der Waals surface area contributed by atoms with Gasteiger partial charge in [0.2, 0.25) is 0 Å². The van der Waals surface area contributed by atoms with Crippen LogP contribution in [0.5, 0.6) is 0 Å². The maximum atomic E-state index is 11.9. The quantitative estimate of drug-likeness (QED) is 0.620. The molecule has 5 heteroatoms. The Hall–Kier alpha value is -1.10. The van der Waals surface area contributed by atoms with Crippen molar-refractivity contribution in [2.24, 2.45) is 17.3 Å². The van der Waals surface area contributed by atoms with Gasteiger partial charge in [0, 0.05) is 6.42 Å². The second-order valence-electron chi connectivity index (χ2n) is 6.08. The molecule has 0 aromatic heterocycles. The van der Waals surface area contributed by atoms with Crippen molar-refractivity contribution in [1.82, 2.24) is 0 Å². The molecule has 0 heterocycles. The molecule has 5 nitrogen and oxygen atoms in total. The van der Waals surface area contributed by atoms with Crippen LogP contribution in [0, 0.1) is 17.3 Å². The van der Waals surface area contributed by atoms with Gasteiger partial charge in [0.05, 0.1) is 5.41 Å². The molecule has 0 radical (unpaired) electrons. The van der Waals surface area contributed by atoms with Crippen molar-refractivity contribution in [2.45, 2.75) is 58.3 Å². The van der Waals surface area contributed by atoms with Crippen LogP contribution < -0.4 is 0 Å². The minimum atomic E-state index is -0.878. The van der Waals surface area contributed by atoms with E-state index in [-0.39, 0.29) is 18.9 Å². The Morgan fingerprint density at radius 2 is 1.90 bits per heavy atom. The second-order valence-corrected chi connectivity index (χ2v) is 6.08. The van der Waals surface area contributed by atoms with Gasteiger partial charge in [-0.05, 0) is 24.7 Å². The van der Waals surface area contributed by atoms with Crippen molar-refractivity contribution >= 4 is 11.9 Å². The van der Waals surface area contributed by atoms with Crippen LogP contribution in [0.2, 0.25) is 0 Å². The van der Waals surface area contributed by atoms with Crippen molar-refractivity contribution < 1.29 is 24.5 Å². The largest absolute Gasteiger partial charge is 0.481 e. The summed E-state index contributed by atoms with van der Waals surface area (Å²) in [6.07, 6.45) is 7.23. The highest BCUT2D eigenvalue weighted by Crippen LogP contribution is 2.51. The summed E-state index contributed by atoms with van der Waals surface area (Å²) in [5, 5.41) is 9.73. The molecule has 2 fully saturated rings. The third-order valence-corrected chi connectivity index (χ3v) is 5.00. The molecule has 3 unspecified atom stereocenters. The van der Waals surface area contributed by atoms with Gasteiger partial charge < -0.3 is 5.11 Å². The van der Waals surface area contributed by atoms with E-state index in [0.29, 0.717) is 12.3 Å². The van der Waals surface area contributed by atoms with Crippen LogP contribution in [0.15, 0.2) is 0 Å². The van der Waals surface area contributed by atoms with Gasteiger partial charge in [-0.15, -0.1) is 0 Å². The number of fused-ring (bicyclic) bond motifs is 1. The number of carbonyl (C=O) groups is 2. The summed E-state index contributed by atoms with van der Waals surface area (Å²) in [5.74, 6) is -0.620. The zero-order chi connectivity index (χ0) is 14.6. The zero-order valence-corrected chi connectivity index (χ0v) is 12.1. The molecule has 2 rings (SSSR count). The molecule has 2 aliphatic carbocycles. The maximum absolute atomic E-state index is 11.9. The average Bonchev–Trinajstić information content (AvgIpc) is 2.47. The minimum absolute atomic E-state index is 0.0186. The van der Waals surface area contributed by atoms with E-state index in [4.69, 9.17) is 4.89 Å². The van der Waals surface area contributed by atoms with Gasteiger partial charge >= 0.3 is 11.9 Å². The molecule has 3 atom stereocenters. The van der Waals surface area contributed by atoms with Gasteiger partial charge in [0.1, 0.15) is 6.61 Å². The number of carboxylic acid groups (broad SMARTS) is 1. The van der Waals surface area contributed by atoms with Gasteiger partial charge in [-0.25, -0.2) is 4.79 Å². The van der Waals surface area contributed by atoms with E-state index in [1.54, 1.807) is 6.92 Å². The van der Waals surface area contributed by atoms with E-state index in [1.165, 1.54) is 6.42 Å². The lowest BCUT2D eigenvalue weighted by Crippen LogP contribution is -2.49. The third-order valence-electron chi connectivity index (χ3n) is 5.00. The molecule has 20 heavy (non-hydrogen) atoms. The van der Waals surface area contributed by atoms with Gasteiger partial charge in [0.25, 0.3) is 0 Å². The predicted octanol–water partition coefficient (Wildman–Crippen LogP) is 2.93. The summed E-state index contributed by atoms with van der Waals surface area (Å²) < 4.78 is 0. The average molecular weight is 284 g/mol. The van der Waals surface area contributed by atoms with E-state index >= 15 is 0 Å². The third kappa shape index (κ3) is 2.97. The molecule has 0 bridgehead atoms. The van der Waals surface area contributed by atoms with Crippen molar-refractivity contribution in [3.05, 3.63) is 0 Å². The molecule has 2 saturated carbocycles. The SMILES string of the molecule is CCC(=O)OOCC1(C(=O)O)CCCC2CCCCC21. The van der Waals surface area contributed by atoms with Gasteiger partial charge in [-0.1, -0.05) is 39.0 Å². The number of carbonyl (C=O) groups excluding carboxylic acids is 1. The summed E-state index contributed by atoms with van der Waals surface area (Å²) in [5.41, 5.74) is -0.878. The van der Waals surface area contributed by atoms with E-state index in [2.05, 4.69) is 4.89 Å². The monoisotopic (exact) mass is 284 g/mol. The van der Waals surface area contributed by atoms with Crippen LogP contribution in [0.3, 0.4) is 0 Å². The van der Waals surface area contributed by atoms with Crippen molar-refractivity contribution in [3.63, 3.8) is 0 Å². The van der Waals surface area contributed by atoms with Crippen LogP contribution >= 0.6 is 0 Å². The molecule has 0 aliphatic heterocycles. The van der Waals surface area contributed by atoms with Crippen LogP contribution in [0.4, 0.5) is 0 Å². The number of hydrogen-bond donors (Lipinski definition) is 1. The molecule has 0 aromatic carbocycles. The number of rotatable bonds is 5. The standard InChI is InChI=1S/C15H24O5/c1-2-13(16)20-19-10-15(14(17)18)9-5-7-11-6-3-4-8-12(11)15/h11-12H,2-10H2,1H3,(H,17,18). The van der Waals surface area contributed by atoms with Crippen LogP contribution in [0.25, 0.3) is 0 Å². The van der Waals surface area contributed by atoms with E-state index in [9.17, 15) is 14.7 Å². The fraction of sp³-hybridized carbons (Fsp3) is 0.867. The van der Waals surface area contributed by atoms with E-state index in [1.807, 2.05) is 0 Å². The first-order valence-corrected chi connectivity index (χ1v) is 7.66.